The molecule has 518 valence electrons. The third-order valence-corrected chi connectivity index (χ3v) is 22.3. The van der Waals surface area contributed by atoms with E-state index in [1.165, 1.54) is 81.7 Å². The molecule has 16 aromatic rings. The average Bonchev–Trinajstić information content (AvgIpc) is 0.686. The highest BCUT2D eigenvalue weighted by Gasteiger charge is 2.45. The zero-order chi connectivity index (χ0) is 73.4. The van der Waals surface area contributed by atoms with E-state index in [0.717, 1.165) is 95.3 Å². The molecule has 2 aliphatic heterocycles. The van der Waals surface area contributed by atoms with Crippen LogP contribution in [0.1, 0.15) is 105 Å². The number of aromatic nitrogens is 3. The van der Waals surface area contributed by atoms with Gasteiger partial charge in [0, 0.05) is 50.8 Å². The van der Waals surface area contributed by atoms with E-state index >= 15 is 0 Å². The molecule has 1 aromatic heterocycles. The smallest absolute Gasteiger partial charge is 0.252 e. The molecule has 0 spiro atoms. The summed E-state index contributed by atoms with van der Waals surface area (Å²) in [6.07, 6.45) is 0. The van der Waals surface area contributed by atoms with Gasteiger partial charge in [0.15, 0.2) is 17.5 Å². The molecule has 2 aliphatic rings. The van der Waals surface area contributed by atoms with Gasteiger partial charge in [0.25, 0.3) is 6.71 Å². The van der Waals surface area contributed by atoms with Crippen molar-refractivity contribution in [2.45, 2.75) is 105 Å². The minimum atomic E-state index is -0.238. The molecule has 0 aliphatic carbocycles. The topological polar surface area (TPSA) is 45.2 Å². The number of benzene rings is 15. The van der Waals surface area contributed by atoms with Gasteiger partial charge in [-0.25, -0.2) is 15.0 Å². The summed E-state index contributed by atoms with van der Waals surface area (Å²) in [5.74, 6) is 1.69. The van der Waals surface area contributed by atoms with Gasteiger partial charge in [-0.15, -0.1) is 0 Å². The highest BCUT2D eigenvalue weighted by molar-refractivity contribution is 7.00. The molecular formula is C101H86BN5. The van der Waals surface area contributed by atoms with Crippen LogP contribution >= 0.6 is 0 Å². The zero-order valence-electron chi connectivity index (χ0n) is 63.2. The number of anilines is 6. The van der Waals surface area contributed by atoms with Gasteiger partial charge in [-0.05, 0) is 233 Å². The van der Waals surface area contributed by atoms with Crippen molar-refractivity contribution in [3.63, 3.8) is 0 Å². The lowest BCUT2D eigenvalue weighted by Gasteiger charge is -2.45. The predicted molar refractivity (Wildman–Crippen MR) is 457 cm³/mol. The Labute approximate surface area is 630 Å². The number of nitrogens with zero attached hydrogens (tertiary/aromatic N) is 5. The average molecular weight is 1380 g/mol. The summed E-state index contributed by atoms with van der Waals surface area (Å²) in [5.41, 5.74) is 25.9. The van der Waals surface area contributed by atoms with Crippen molar-refractivity contribution in [2.75, 3.05) is 9.80 Å². The van der Waals surface area contributed by atoms with Crippen molar-refractivity contribution >= 4 is 100 Å². The summed E-state index contributed by atoms with van der Waals surface area (Å²) in [4.78, 5) is 22.9. The van der Waals surface area contributed by atoms with Gasteiger partial charge in [0.05, 0.1) is 0 Å². The van der Waals surface area contributed by atoms with Crippen molar-refractivity contribution < 1.29 is 0 Å². The van der Waals surface area contributed by atoms with Crippen molar-refractivity contribution in [3.8, 4) is 78.7 Å². The summed E-state index contributed by atoms with van der Waals surface area (Å²) >= 11 is 0. The summed E-state index contributed by atoms with van der Waals surface area (Å²) in [6, 6.07) is 113. The van der Waals surface area contributed by atoms with Crippen LogP contribution in [0.2, 0.25) is 0 Å². The summed E-state index contributed by atoms with van der Waals surface area (Å²) in [7, 11) is 0. The van der Waals surface area contributed by atoms with Crippen LogP contribution in [0.5, 0.6) is 0 Å². The first kappa shape index (κ1) is 66.9. The van der Waals surface area contributed by atoms with Crippen LogP contribution in [-0.2, 0) is 21.7 Å². The van der Waals surface area contributed by atoms with Crippen molar-refractivity contribution in [1.29, 1.82) is 0 Å². The van der Waals surface area contributed by atoms with Gasteiger partial charge in [-0.3, -0.25) is 0 Å². The molecule has 107 heavy (non-hydrogen) atoms. The lowest BCUT2D eigenvalue weighted by atomic mass is 9.33. The molecule has 3 heterocycles. The van der Waals surface area contributed by atoms with Gasteiger partial charge in [-0.1, -0.05) is 301 Å². The Hall–Kier alpha value is -12.0. The molecule has 0 N–H and O–H groups in total. The Morgan fingerprint density at radius 2 is 0.505 bits per heavy atom. The molecule has 0 saturated heterocycles. The van der Waals surface area contributed by atoms with E-state index < -0.39 is 0 Å². The maximum Gasteiger partial charge on any atom is 0.252 e. The molecule has 5 nitrogen and oxygen atoms in total. The van der Waals surface area contributed by atoms with E-state index in [-0.39, 0.29) is 28.4 Å². The van der Waals surface area contributed by atoms with Crippen LogP contribution in [0, 0.1) is 0 Å². The predicted octanol–water partition coefficient (Wildman–Crippen LogP) is 25.4. The van der Waals surface area contributed by atoms with Crippen LogP contribution in [-0.4, -0.2) is 21.7 Å². The first-order valence-corrected chi connectivity index (χ1v) is 37.8. The van der Waals surface area contributed by atoms with Gasteiger partial charge in [0.2, 0.25) is 0 Å². The molecule has 0 amide bonds. The Kier molecular flexibility index (Phi) is 15.9. The van der Waals surface area contributed by atoms with Crippen LogP contribution in [0.3, 0.4) is 0 Å². The largest absolute Gasteiger partial charge is 0.311 e. The van der Waals surface area contributed by atoms with E-state index in [9.17, 15) is 0 Å². The molecule has 0 atom stereocenters. The minimum Gasteiger partial charge on any atom is -0.311 e. The minimum absolute atomic E-state index is 0.199. The maximum absolute atomic E-state index is 5.95. The van der Waals surface area contributed by atoms with Gasteiger partial charge in [-0.2, -0.15) is 0 Å². The first-order chi connectivity index (χ1) is 51.5. The molecule has 0 radical (unpaired) electrons. The molecule has 6 heteroatoms. The molecule has 0 fully saturated rings. The molecule has 0 unspecified atom stereocenters. The zero-order valence-corrected chi connectivity index (χ0v) is 63.2. The Balaban J connectivity index is 1.02. The van der Waals surface area contributed by atoms with E-state index in [0.29, 0.717) is 17.5 Å². The van der Waals surface area contributed by atoms with E-state index in [1.807, 2.05) is 0 Å². The molecule has 0 saturated carbocycles. The lowest BCUT2D eigenvalue weighted by Crippen LogP contribution is -2.61. The highest BCUT2D eigenvalue weighted by Crippen LogP contribution is 2.51. The fourth-order valence-electron chi connectivity index (χ4n) is 16.4. The molecule has 18 rings (SSSR count). The lowest BCUT2D eigenvalue weighted by molar-refractivity contribution is 0.568. The maximum atomic E-state index is 5.95. The van der Waals surface area contributed by atoms with Crippen LogP contribution in [0.15, 0.2) is 303 Å². The van der Waals surface area contributed by atoms with Gasteiger partial charge < -0.3 is 9.80 Å². The standard InChI is InChI=1S/C101H86BN5/c1-98(2,3)78-55-79(99(4,5)6)58-82(57-78)106-90-61-86-69(43-41-67-37-25-27-39-84(67)86)51-88(90)102-89-52-70-44-42-68-38-26-28-40-85(68)87(70)62-91(89)107(83-59-80(100(7,8)9)56-81(60-83)101(10,11)12)93-54-77(53-92(106)94(93)102)97-104-95(75-47-71(63-29-17-13-18-30-63)45-72(48-75)64-31-19-14-20-32-64)103-96(105-97)76-49-73(65-33-21-15-22-34-65)46-74(50-76)66-35-23-16-24-36-66/h13-62H,1-12H3. The Morgan fingerprint density at radius 3 is 0.822 bits per heavy atom. The normalized spacial score (nSPS) is 13.0. The first-order valence-electron chi connectivity index (χ1n) is 37.8. The third-order valence-electron chi connectivity index (χ3n) is 22.3. The second kappa shape index (κ2) is 25.4. The molecule has 0 bridgehead atoms. The second-order valence-electron chi connectivity index (χ2n) is 33.8. The highest BCUT2D eigenvalue weighted by atomic mass is 15.2. The molecular weight excluding hydrogens is 1290 g/mol. The van der Waals surface area contributed by atoms with Gasteiger partial charge in [0.1, 0.15) is 0 Å². The van der Waals surface area contributed by atoms with Crippen LogP contribution < -0.4 is 26.2 Å². The van der Waals surface area contributed by atoms with E-state index in [2.05, 4.69) is 396 Å². The number of hydrogen-bond donors (Lipinski definition) is 0. The SMILES string of the molecule is CC(C)(C)c1cc(N2c3cc4c(ccc5ccccc54)cc3B3c4cc5ccc6ccccc6c5cc4N(c4cc(C(C)(C)C)cc(C(C)(C)C)c4)c4cc(-c5nc(-c6cc(-c7ccccc7)cc(-c7ccccc7)c6)nc(-c6cc(-c7ccccc7)cc(-c7ccccc7)c6)n5)cc2c43)cc(C(C)(C)C)c1. The second-order valence-corrected chi connectivity index (χ2v) is 33.8. The van der Waals surface area contributed by atoms with E-state index in [4.69, 9.17) is 15.0 Å². The monoisotopic (exact) mass is 1380 g/mol. The van der Waals surface area contributed by atoms with E-state index in [1.54, 1.807) is 0 Å². The van der Waals surface area contributed by atoms with Crippen LogP contribution in [0.25, 0.3) is 122 Å². The Morgan fingerprint density at radius 1 is 0.224 bits per heavy atom. The number of fused-ring (bicyclic) bond motifs is 10. The van der Waals surface area contributed by atoms with Crippen molar-refractivity contribution in [1.82, 2.24) is 15.0 Å². The molecule has 15 aromatic carbocycles. The Bertz CT molecular complexity index is 5680. The quantitative estimate of drug-likeness (QED) is 0.106. The fraction of sp³-hybridized carbons (Fsp3) is 0.158. The summed E-state index contributed by atoms with van der Waals surface area (Å²) < 4.78 is 0. The number of hydrogen-bond acceptors (Lipinski definition) is 5. The third kappa shape index (κ3) is 12.1. The summed E-state index contributed by atoms with van der Waals surface area (Å²) in [6.45, 7) is 28.0. The fourth-order valence-corrected chi connectivity index (χ4v) is 16.4. The van der Waals surface area contributed by atoms with Gasteiger partial charge >= 0.3 is 0 Å². The van der Waals surface area contributed by atoms with Crippen molar-refractivity contribution in [3.05, 3.63) is 326 Å². The number of rotatable bonds is 9. The van der Waals surface area contributed by atoms with Crippen LogP contribution in [0.4, 0.5) is 34.1 Å². The van der Waals surface area contributed by atoms with Crippen molar-refractivity contribution in [2.24, 2.45) is 0 Å². The summed E-state index contributed by atoms with van der Waals surface area (Å²) in [5, 5.41) is 9.67.